The van der Waals surface area contributed by atoms with E-state index >= 15 is 0 Å². The molecule has 1 saturated carbocycles. The maximum Gasteiger partial charge on any atom is 0.191 e. The van der Waals surface area contributed by atoms with Crippen molar-refractivity contribution in [3.05, 3.63) is 42.6 Å². The van der Waals surface area contributed by atoms with Crippen molar-refractivity contribution >= 4 is 5.96 Å². The summed E-state index contributed by atoms with van der Waals surface area (Å²) in [6.07, 6.45) is 8.45. The molecule has 0 aliphatic heterocycles. The van der Waals surface area contributed by atoms with Crippen LogP contribution >= 0.6 is 0 Å². The van der Waals surface area contributed by atoms with E-state index in [0.717, 1.165) is 23.3 Å². The third-order valence-corrected chi connectivity index (χ3v) is 3.69. The Bertz CT molecular complexity index is 602. The van der Waals surface area contributed by atoms with Gasteiger partial charge in [0.25, 0.3) is 0 Å². The normalized spacial score (nSPS) is 21.1. The van der Waals surface area contributed by atoms with Crippen LogP contribution in [0.5, 0.6) is 0 Å². The van der Waals surface area contributed by atoms with Gasteiger partial charge in [0.05, 0.1) is 0 Å². The van der Waals surface area contributed by atoms with E-state index in [0.29, 0.717) is 12.6 Å². The summed E-state index contributed by atoms with van der Waals surface area (Å²) in [5.41, 5.74) is 1.12. The summed E-state index contributed by atoms with van der Waals surface area (Å²) in [5.74, 6) is 2.47. The summed E-state index contributed by atoms with van der Waals surface area (Å²) >= 11 is 0. The largest absolute Gasteiger partial charge is 0.353 e. The van der Waals surface area contributed by atoms with Crippen LogP contribution in [0.1, 0.15) is 18.9 Å². The van der Waals surface area contributed by atoms with Gasteiger partial charge in [0.15, 0.2) is 5.96 Å². The van der Waals surface area contributed by atoms with Gasteiger partial charge in [-0.2, -0.15) is 0 Å². The van der Waals surface area contributed by atoms with Crippen LogP contribution in [-0.2, 0) is 6.54 Å². The van der Waals surface area contributed by atoms with E-state index in [4.69, 9.17) is 0 Å². The second-order valence-electron chi connectivity index (χ2n) is 5.38. The predicted molar refractivity (Wildman–Crippen MR) is 82.3 cm³/mol. The number of nitrogens with one attached hydrogen (secondary N) is 2. The molecule has 0 saturated heterocycles. The van der Waals surface area contributed by atoms with Gasteiger partial charge in [-0.3, -0.25) is 9.56 Å². The molecular weight excluding hydrogens is 264 g/mol. The van der Waals surface area contributed by atoms with Crippen LogP contribution in [0.15, 0.2) is 42.0 Å². The number of guanidine groups is 1. The summed E-state index contributed by atoms with van der Waals surface area (Å²) in [5, 5.41) is 6.71. The molecule has 0 spiro atoms. The number of imidazole rings is 1. The summed E-state index contributed by atoms with van der Waals surface area (Å²) in [7, 11) is 1.79. The molecule has 2 heterocycles. The molecule has 1 aliphatic rings. The number of aromatic nitrogens is 3. The first kappa shape index (κ1) is 13.6. The van der Waals surface area contributed by atoms with Crippen molar-refractivity contribution in [3.8, 4) is 5.82 Å². The number of rotatable bonds is 4. The highest BCUT2D eigenvalue weighted by Crippen LogP contribution is 2.28. The second-order valence-corrected chi connectivity index (χ2v) is 5.38. The van der Waals surface area contributed by atoms with Gasteiger partial charge in [-0.25, -0.2) is 9.97 Å². The molecule has 110 valence electrons. The molecule has 2 atom stereocenters. The van der Waals surface area contributed by atoms with Crippen molar-refractivity contribution in [1.29, 1.82) is 0 Å². The van der Waals surface area contributed by atoms with E-state index in [1.54, 1.807) is 19.6 Å². The number of pyridine rings is 1. The molecule has 0 radical (unpaired) electrons. The minimum absolute atomic E-state index is 0.568. The fourth-order valence-electron chi connectivity index (χ4n) is 2.15. The van der Waals surface area contributed by atoms with Crippen molar-refractivity contribution in [2.75, 3.05) is 7.05 Å². The molecule has 2 aromatic heterocycles. The average Bonchev–Trinajstić information content (AvgIpc) is 2.99. The fraction of sp³-hybridized carbons (Fsp3) is 0.400. The van der Waals surface area contributed by atoms with Crippen LogP contribution < -0.4 is 10.6 Å². The zero-order valence-corrected chi connectivity index (χ0v) is 12.3. The number of nitrogens with zero attached hydrogens (tertiary/aromatic N) is 4. The molecule has 6 nitrogen and oxygen atoms in total. The summed E-state index contributed by atoms with van der Waals surface area (Å²) < 4.78 is 1.88. The third kappa shape index (κ3) is 3.39. The van der Waals surface area contributed by atoms with Crippen LogP contribution in [0.3, 0.4) is 0 Å². The molecule has 1 aliphatic carbocycles. The Hall–Kier alpha value is -2.37. The molecule has 2 aromatic rings. The first-order valence-electron chi connectivity index (χ1n) is 7.16. The molecule has 2 N–H and O–H groups in total. The molecule has 3 rings (SSSR count). The summed E-state index contributed by atoms with van der Waals surface area (Å²) in [6.45, 7) is 2.95. The highest BCUT2D eigenvalue weighted by Gasteiger charge is 2.33. The van der Waals surface area contributed by atoms with Crippen molar-refractivity contribution in [3.63, 3.8) is 0 Å². The first-order chi connectivity index (χ1) is 10.3. The van der Waals surface area contributed by atoms with Gasteiger partial charge < -0.3 is 10.6 Å². The summed E-state index contributed by atoms with van der Waals surface area (Å²) in [4.78, 5) is 12.7. The third-order valence-electron chi connectivity index (χ3n) is 3.69. The van der Waals surface area contributed by atoms with Gasteiger partial charge in [0.1, 0.15) is 12.1 Å². The van der Waals surface area contributed by atoms with E-state index in [1.165, 1.54) is 6.42 Å². The Balaban J connectivity index is 1.55. The van der Waals surface area contributed by atoms with Crippen LogP contribution in [0.4, 0.5) is 0 Å². The van der Waals surface area contributed by atoms with Gasteiger partial charge in [0, 0.05) is 38.2 Å². The van der Waals surface area contributed by atoms with E-state index < -0.39 is 0 Å². The zero-order valence-electron chi connectivity index (χ0n) is 12.3. The van der Waals surface area contributed by atoms with Gasteiger partial charge in [-0.05, 0) is 24.0 Å². The van der Waals surface area contributed by atoms with Gasteiger partial charge in [0.2, 0.25) is 0 Å². The Kier molecular flexibility index (Phi) is 3.85. The molecule has 1 fully saturated rings. The van der Waals surface area contributed by atoms with Crippen molar-refractivity contribution < 1.29 is 0 Å². The topological polar surface area (TPSA) is 67.1 Å². The van der Waals surface area contributed by atoms with Crippen LogP contribution in [0.2, 0.25) is 0 Å². The standard InChI is InChI=1S/C15H20N6/c1-11-7-13(11)20-15(16-2)19-9-12-3-4-14(18-8-12)21-6-5-17-10-21/h3-6,8,10-11,13H,7,9H2,1-2H3,(H2,16,19,20). The lowest BCUT2D eigenvalue weighted by Gasteiger charge is -2.11. The van der Waals surface area contributed by atoms with Crippen molar-refractivity contribution in [1.82, 2.24) is 25.2 Å². The van der Waals surface area contributed by atoms with Crippen molar-refractivity contribution in [2.24, 2.45) is 10.9 Å². The fourth-order valence-corrected chi connectivity index (χ4v) is 2.15. The van der Waals surface area contributed by atoms with Crippen LogP contribution in [-0.4, -0.2) is 33.6 Å². The van der Waals surface area contributed by atoms with E-state index in [-0.39, 0.29) is 0 Å². The zero-order chi connectivity index (χ0) is 14.7. The monoisotopic (exact) mass is 284 g/mol. The number of aliphatic imine (C=N–C) groups is 1. The SMILES string of the molecule is CN=C(NCc1ccc(-n2ccnc2)nc1)NC1CC1C. The lowest BCUT2D eigenvalue weighted by Crippen LogP contribution is -2.38. The maximum atomic E-state index is 4.43. The van der Waals surface area contributed by atoms with Gasteiger partial charge >= 0.3 is 0 Å². The average molecular weight is 284 g/mol. The molecule has 2 unspecified atom stereocenters. The first-order valence-corrected chi connectivity index (χ1v) is 7.16. The molecule has 6 heteroatoms. The van der Waals surface area contributed by atoms with Crippen molar-refractivity contribution in [2.45, 2.75) is 25.9 Å². The Labute approximate surface area is 124 Å². The lowest BCUT2D eigenvalue weighted by atomic mass is 10.3. The number of hydrogen-bond donors (Lipinski definition) is 2. The Morgan fingerprint density at radius 1 is 1.48 bits per heavy atom. The van der Waals surface area contributed by atoms with Gasteiger partial charge in [-0.1, -0.05) is 13.0 Å². The smallest absolute Gasteiger partial charge is 0.191 e. The highest BCUT2D eigenvalue weighted by molar-refractivity contribution is 5.80. The van der Waals surface area contributed by atoms with Gasteiger partial charge in [-0.15, -0.1) is 0 Å². The predicted octanol–water partition coefficient (Wildman–Crippen LogP) is 1.34. The summed E-state index contributed by atoms with van der Waals surface area (Å²) in [6, 6.07) is 4.61. The molecule has 21 heavy (non-hydrogen) atoms. The minimum atomic E-state index is 0.568. The van der Waals surface area contributed by atoms with Crippen LogP contribution in [0.25, 0.3) is 5.82 Å². The molecule has 0 aromatic carbocycles. The molecular formula is C15H20N6. The molecule has 0 bridgehead atoms. The molecule has 0 amide bonds. The number of hydrogen-bond acceptors (Lipinski definition) is 3. The Morgan fingerprint density at radius 3 is 2.90 bits per heavy atom. The Morgan fingerprint density at radius 2 is 2.33 bits per heavy atom. The lowest BCUT2D eigenvalue weighted by molar-refractivity contribution is 0.762. The van der Waals surface area contributed by atoms with Crippen LogP contribution in [0, 0.1) is 5.92 Å². The highest BCUT2D eigenvalue weighted by atomic mass is 15.2. The second kappa shape index (κ2) is 5.95. The quantitative estimate of drug-likeness (QED) is 0.657. The minimum Gasteiger partial charge on any atom is -0.353 e. The maximum absolute atomic E-state index is 4.43. The van der Waals surface area contributed by atoms with E-state index in [1.807, 2.05) is 23.0 Å². The van der Waals surface area contributed by atoms with E-state index in [2.05, 4.69) is 38.6 Å². The van der Waals surface area contributed by atoms with E-state index in [9.17, 15) is 0 Å².